The summed E-state index contributed by atoms with van der Waals surface area (Å²) < 4.78 is 2.38. The van der Waals surface area contributed by atoms with Gasteiger partial charge >= 0.3 is 96.2 Å². The molecule has 0 radical (unpaired) electrons. The van der Waals surface area contributed by atoms with E-state index in [1.54, 1.807) is 0 Å². The minimum absolute atomic E-state index is 0.230. The van der Waals surface area contributed by atoms with E-state index in [1.165, 1.54) is 8.92 Å². The second kappa shape index (κ2) is 7.69. The molecule has 0 aromatic heterocycles. The normalized spacial score (nSPS) is 7.45. The molecule has 1 aromatic carbocycles. The molecule has 0 aliphatic heterocycles. The molecule has 1 aromatic rings. The Morgan fingerprint density at radius 1 is 1.00 bits per heavy atom. The van der Waals surface area contributed by atoms with Gasteiger partial charge in [-0.15, -0.1) is 0 Å². The quantitative estimate of drug-likeness (QED) is 0.557. The fourth-order valence-electron chi connectivity index (χ4n) is 0.450. The molecule has 0 atom stereocenters. The van der Waals surface area contributed by atoms with Crippen LogP contribution in [-0.2, 0) is 0 Å². The number of rotatable bonds is 0. The predicted molar refractivity (Wildman–Crippen MR) is 54.7 cm³/mol. The second-order valence-corrected chi connectivity index (χ2v) is 6.65. The maximum atomic E-state index is 2.94. The van der Waals surface area contributed by atoms with Gasteiger partial charge in [-0.1, -0.05) is 0 Å². The summed E-state index contributed by atoms with van der Waals surface area (Å²) in [6.45, 7) is 0. The van der Waals surface area contributed by atoms with Gasteiger partial charge < -0.3 is 0 Å². The average molecular weight is 383 g/mol. The molecular weight excluding hydrogens is 373 g/mol. The van der Waals surface area contributed by atoms with Gasteiger partial charge in [0.15, 0.2) is 0 Å². The van der Waals surface area contributed by atoms with E-state index in [1.807, 2.05) is 24.3 Å². The van der Waals surface area contributed by atoms with Crippen LogP contribution in [0.25, 0.3) is 0 Å². The van der Waals surface area contributed by atoms with Crippen molar-refractivity contribution in [1.29, 1.82) is 0 Å². The van der Waals surface area contributed by atoms with Gasteiger partial charge in [0.2, 0.25) is 0 Å². The molecule has 0 saturated carbocycles. The Bertz CT molecular complexity index is 180. The zero-order chi connectivity index (χ0) is 8.69. The van der Waals surface area contributed by atoms with Crippen molar-refractivity contribution in [3.05, 3.63) is 24.3 Å². The summed E-state index contributed by atoms with van der Waals surface area (Å²) in [5, 5.41) is 0. The number of benzene rings is 1. The first-order valence-electron chi connectivity index (χ1n) is 3.24. The van der Waals surface area contributed by atoms with E-state index in [-0.39, 0.29) is 21.1 Å². The average Bonchev–Trinajstić information content (AvgIpc) is 1.97. The van der Waals surface area contributed by atoms with Crippen LogP contribution in [0.15, 0.2) is 24.3 Å². The third-order valence-electron chi connectivity index (χ3n) is 0.849. The standard InChI is InChI=1S/C6H6Se2.2CH3.Sn/c7-5-3-1-2-4-6(5)8;;;/h1-4,7-8H;2*1H3;/q;;;+2/p-2. The van der Waals surface area contributed by atoms with Crippen molar-refractivity contribution in [2.45, 2.75) is 9.88 Å². The monoisotopic (exact) mass is 386 g/mol. The van der Waals surface area contributed by atoms with E-state index >= 15 is 0 Å². The van der Waals surface area contributed by atoms with Crippen LogP contribution in [-0.4, -0.2) is 53.2 Å². The Kier molecular flexibility index (Phi) is 8.43. The Hall–Kier alpha value is 1.06. The van der Waals surface area contributed by atoms with E-state index in [0.29, 0.717) is 0 Å². The summed E-state index contributed by atoms with van der Waals surface area (Å²) in [6.07, 6.45) is 0. The summed E-state index contributed by atoms with van der Waals surface area (Å²) in [6, 6.07) is 8.08. The molecule has 3 heteroatoms. The number of hydrogen-bond donors (Lipinski definition) is 0. The molecule has 1 rings (SSSR count). The molecule has 58 valence electrons. The molecule has 11 heavy (non-hydrogen) atoms. The van der Waals surface area contributed by atoms with Crippen molar-refractivity contribution in [3.63, 3.8) is 0 Å². The zero-order valence-corrected chi connectivity index (χ0v) is 12.9. The molecule has 0 spiro atoms. The number of hydrogen-bond acceptors (Lipinski definition) is 0. The SMILES string of the molecule is [CH3][Sn+2][CH3].[Se-]c1ccccc1[Se-]. The van der Waals surface area contributed by atoms with E-state index in [0.717, 1.165) is 0 Å². The van der Waals surface area contributed by atoms with Gasteiger partial charge in [-0.25, -0.2) is 0 Å². The second-order valence-electron chi connectivity index (χ2n) is 1.95. The van der Waals surface area contributed by atoms with E-state index in [2.05, 4.69) is 41.9 Å². The molecule has 0 fully saturated rings. The van der Waals surface area contributed by atoms with Crippen molar-refractivity contribution >= 4 is 62.1 Å². The molecular formula is C8H10Se2Sn. The third kappa shape index (κ3) is 6.24. The molecule has 0 heterocycles. The molecule has 0 nitrogen and oxygen atoms in total. The molecule has 0 saturated heterocycles. The van der Waals surface area contributed by atoms with E-state index in [4.69, 9.17) is 0 Å². The van der Waals surface area contributed by atoms with Crippen LogP contribution in [0.2, 0.25) is 9.88 Å². The van der Waals surface area contributed by atoms with Crippen LogP contribution in [0.1, 0.15) is 0 Å². The van der Waals surface area contributed by atoms with Crippen LogP contribution in [0.3, 0.4) is 0 Å². The summed E-state index contributed by atoms with van der Waals surface area (Å²) in [5.41, 5.74) is 0. The van der Waals surface area contributed by atoms with Crippen LogP contribution >= 0.6 is 0 Å². The first-order chi connectivity index (χ1) is 5.22. The Labute approximate surface area is 95.4 Å². The maximum absolute atomic E-state index is 2.94. The van der Waals surface area contributed by atoms with Crippen molar-refractivity contribution in [2.24, 2.45) is 0 Å². The van der Waals surface area contributed by atoms with Crippen LogP contribution in [0.5, 0.6) is 0 Å². The van der Waals surface area contributed by atoms with Crippen LogP contribution in [0, 0.1) is 0 Å². The van der Waals surface area contributed by atoms with E-state index in [9.17, 15) is 0 Å². The van der Waals surface area contributed by atoms with Crippen LogP contribution in [0.4, 0.5) is 0 Å². The van der Waals surface area contributed by atoms with Crippen molar-refractivity contribution in [3.8, 4) is 0 Å². The Morgan fingerprint density at radius 3 is 1.45 bits per heavy atom. The first-order valence-corrected chi connectivity index (χ1v) is 10.7. The van der Waals surface area contributed by atoms with Gasteiger partial charge in [0.05, 0.1) is 0 Å². The molecule has 0 amide bonds. The van der Waals surface area contributed by atoms with Gasteiger partial charge in [0, 0.05) is 0 Å². The Morgan fingerprint density at radius 2 is 1.27 bits per heavy atom. The van der Waals surface area contributed by atoms with Crippen molar-refractivity contribution in [2.75, 3.05) is 0 Å². The molecule has 0 aliphatic rings. The Balaban J connectivity index is 0.000000292. The van der Waals surface area contributed by atoms with Gasteiger partial charge in [0.25, 0.3) is 0 Å². The zero-order valence-electron chi connectivity index (χ0n) is 6.63. The van der Waals surface area contributed by atoms with Gasteiger partial charge in [-0.05, 0) is 0 Å². The van der Waals surface area contributed by atoms with Gasteiger partial charge in [-0.3, -0.25) is 0 Å². The topological polar surface area (TPSA) is 0 Å². The summed E-state index contributed by atoms with van der Waals surface area (Å²) in [4.78, 5) is 4.59. The minimum atomic E-state index is 0.230. The van der Waals surface area contributed by atoms with Crippen molar-refractivity contribution in [1.82, 2.24) is 0 Å². The predicted octanol–water partition coefficient (Wildman–Crippen LogP) is 0.0610. The van der Waals surface area contributed by atoms with Crippen molar-refractivity contribution < 1.29 is 0 Å². The van der Waals surface area contributed by atoms with Gasteiger partial charge in [-0.2, -0.15) is 0 Å². The van der Waals surface area contributed by atoms with E-state index < -0.39 is 0 Å². The molecule has 0 N–H and O–H groups in total. The first kappa shape index (κ1) is 12.1. The summed E-state index contributed by atoms with van der Waals surface area (Å²) in [7, 11) is 0. The summed E-state index contributed by atoms with van der Waals surface area (Å²) >= 11 is 6.11. The van der Waals surface area contributed by atoms with Gasteiger partial charge in [0.1, 0.15) is 0 Å². The summed E-state index contributed by atoms with van der Waals surface area (Å²) in [5.74, 6) is 0. The molecule has 0 unspecified atom stereocenters. The molecule has 0 bridgehead atoms. The third-order valence-corrected chi connectivity index (χ3v) is 3.00. The fraction of sp³-hybridized carbons (Fsp3) is 0.250. The molecule has 0 aliphatic carbocycles. The fourth-order valence-corrected chi connectivity index (χ4v) is 1.07. The van der Waals surface area contributed by atoms with Crippen LogP contribution < -0.4 is 8.92 Å².